The van der Waals surface area contributed by atoms with E-state index in [1.807, 2.05) is 30.3 Å². The van der Waals surface area contributed by atoms with E-state index in [1.54, 1.807) is 0 Å². The molecule has 1 aliphatic rings. The van der Waals surface area contributed by atoms with Crippen molar-refractivity contribution < 1.29 is 13.6 Å². The zero-order valence-corrected chi connectivity index (χ0v) is 11.6. The quantitative estimate of drug-likeness (QED) is 0.904. The molecule has 1 aromatic carbocycles. The lowest BCUT2D eigenvalue weighted by Gasteiger charge is -2.22. The minimum atomic E-state index is -2.78. The second kappa shape index (κ2) is 6.22. The number of amides is 1. The molecule has 2 N–H and O–H groups in total. The second-order valence-electron chi connectivity index (χ2n) is 4.57. The fourth-order valence-corrected chi connectivity index (χ4v) is 3.03. The van der Waals surface area contributed by atoms with Crippen LogP contribution in [0.5, 0.6) is 0 Å². The van der Waals surface area contributed by atoms with Crippen LogP contribution in [0.3, 0.4) is 0 Å². The highest BCUT2D eigenvalue weighted by Gasteiger charge is 2.28. The van der Waals surface area contributed by atoms with Crippen molar-refractivity contribution in [3.05, 3.63) is 59.7 Å². The maximum Gasteiger partial charge on any atom is 0.270 e. The minimum absolute atomic E-state index is 0.154. The van der Waals surface area contributed by atoms with Crippen molar-refractivity contribution in [1.82, 2.24) is 0 Å². The Morgan fingerprint density at radius 3 is 2.60 bits per heavy atom. The zero-order valence-electron chi connectivity index (χ0n) is 10.8. The van der Waals surface area contributed by atoms with E-state index in [9.17, 15) is 13.6 Å². The Morgan fingerprint density at radius 1 is 1.35 bits per heavy atom. The summed E-state index contributed by atoms with van der Waals surface area (Å²) in [6.45, 7) is 0. The van der Waals surface area contributed by atoms with Crippen LogP contribution in [0.25, 0.3) is 0 Å². The SMILES string of the molecule is NC(=O)CSC(C1=CCC(F)(F)C=C1)c1ccccc1. The smallest absolute Gasteiger partial charge is 0.270 e. The molecular formula is C15H15F2NOS. The molecule has 5 heteroatoms. The number of halogens is 2. The van der Waals surface area contributed by atoms with E-state index < -0.39 is 11.8 Å². The highest BCUT2D eigenvalue weighted by Crippen LogP contribution is 2.39. The van der Waals surface area contributed by atoms with Crippen LogP contribution in [0.1, 0.15) is 17.2 Å². The van der Waals surface area contributed by atoms with Gasteiger partial charge < -0.3 is 5.73 Å². The van der Waals surface area contributed by atoms with Gasteiger partial charge in [-0.1, -0.05) is 42.5 Å². The van der Waals surface area contributed by atoms with Crippen LogP contribution in [0.2, 0.25) is 0 Å². The van der Waals surface area contributed by atoms with Gasteiger partial charge >= 0.3 is 0 Å². The molecule has 0 heterocycles. The Kier molecular flexibility index (Phi) is 4.60. The first-order valence-corrected chi connectivity index (χ1v) is 7.25. The van der Waals surface area contributed by atoms with Gasteiger partial charge in [-0.3, -0.25) is 4.79 Å². The number of nitrogens with two attached hydrogens (primary N) is 1. The van der Waals surface area contributed by atoms with Gasteiger partial charge in [0.05, 0.1) is 11.0 Å². The molecule has 1 atom stereocenters. The van der Waals surface area contributed by atoms with E-state index in [-0.39, 0.29) is 17.4 Å². The summed E-state index contributed by atoms with van der Waals surface area (Å²) in [6, 6.07) is 9.49. The van der Waals surface area contributed by atoms with Gasteiger partial charge in [-0.2, -0.15) is 0 Å². The molecule has 0 saturated carbocycles. The maximum atomic E-state index is 13.1. The Morgan fingerprint density at radius 2 is 2.05 bits per heavy atom. The topological polar surface area (TPSA) is 43.1 Å². The van der Waals surface area contributed by atoms with E-state index in [2.05, 4.69) is 0 Å². The molecule has 0 spiro atoms. The lowest BCUT2D eigenvalue weighted by Crippen LogP contribution is -2.17. The predicted octanol–water partition coefficient (Wildman–Crippen LogP) is 3.47. The van der Waals surface area contributed by atoms with Gasteiger partial charge in [-0.05, 0) is 17.2 Å². The zero-order chi connectivity index (χ0) is 14.6. The summed E-state index contributed by atoms with van der Waals surface area (Å²) in [5.74, 6) is -3.04. The number of primary amides is 1. The number of benzene rings is 1. The highest BCUT2D eigenvalue weighted by molar-refractivity contribution is 8.00. The summed E-state index contributed by atoms with van der Waals surface area (Å²) in [4.78, 5) is 11.0. The monoisotopic (exact) mass is 295 g/mol. The molecule has 1 amide bonds. The summed E-state index contributed by atoms with van der Waals surface area (Å²) in [7, 11) is 0. The molecule has 0 saturated heterocycles. The van der Waals surface area contributed by atoms with Gasteiger partial charge in [0.25, 0.3) is 5.92 Å². The molecule has 2 nitrogen and oxygen atoms in total. The van der Waals surface area contributed by atoms with Gasteiger partial charge in [-0.25, -0.2) is 8.78 Å². The third-order valence-electron chi connectivity index (χ3n) is 2.93. The van der Waals surface area contributed by atoms with Crippen LogP contribution in [-0.4, -0.2) is 17.6 Å². The van der Waals surface area contributed by atoms with Gasteiger partial charge in [0.15, 0.2) is 0 Å². The first kappa shape index (κ1) is 14.8. The van der Waals surface area contributed by atoms with Crippen LogP contribution in [0, 0.1) is 0 Å². The fraction of sp³-hybridized carbons (Fsp3) is 0.267. The third-order valence-corrected chi connectivity index (χ3v) is 4.26. The molecule has 106 valence electrons. The Labute approximate surface area is 120 Å². The highest BCUT2D eigenvalue weighted by atomic mass is 32.2. The summed E-state index contributed by atoms with van der Waals surface area (Å²) in [5.41, 5.74) is 6.93. The summed E-state index contributed by atoms with van der Waals surface area (Å²) in [6.07, 6.45) is 3.59. The van der Waals surface area contributed by atoms with Crippen LogP contribution < -0.4 is 5.73 Å². The molecule has 0 aliphatic heterocycles. The van der Waals surface area contributed by atoms with E-state index in [0.717, 1.165) is 17.2 Å². The van der Waals surface area contributed by atoms with Crippen molar-refractivity contribution in [3.8, 4) is 0 Å². The first-order valence-electron chi connectivity index (χ1n) is 6.20. The molecule has 0 bridgehead atoms. The van der Waals surface area contributed by atoms with Crippen LogP contribution in [0.4, 0.5) is 8.78 Å². The average Bonchev–Trinajstić information content (AvgIpc) is 2.41. The number of thioether (sulfide) groups is 1. The Bertz CT molecular complexity index is 540. The van der Waals surface area contributed by atoms with Gasteiger partial charge in [-0.15, -0.1) is 11.8 Å². The molecule has 2 rings (SSSR count). The lowest BCUT2D eigenvalue weighted by atomic mass is 9.97. The Hall–Kier alpha value is -1.62. The minimum Gasteiger partial charge on any atom is -0.369 e. The number of carbonyl (C=O) groups is 1. The third kappa shape index (κ3) is 3.93. The number of hydrogen-bond acceptors (Lipinski definition) is 2. The summed E-state index contributed by atoms with van der Waals surface area (Å²) in [5, 5.41) is -0.156. The van der Waals surface area contributed by atoms with Crippen LogP contribution in [0.15, 0.2) is 54.1 Å². The first-order chi connectivity index (χ1) is 9.48. The van der Waals surface area contributed by atoms with Crippen molar-refractivity contribution in [2.45, 2.75) is 17.6 Å². The van der Waals surface area contributed by atoms with Crippen LogP contribution in [-0.2, 0) is 4.79 Å². The fourth-order valence-electron chi connectivity index (χ4n) is 1.98. The Balaban J connectivity index is 2.22. The van der Waals surface area contributed by atoms with Crippen molar-refractivity contribution in [2.75, 3.05) is 5.75 Å². The number of alkyl halides is 2. The van der Waals surface area contributed by atoms with Crippen LogP contribution >= 0.6 is 11.8 Å². The maximum absolute atomic E-state index is 13.1. The summed E-state index contributed by atoms with van der Waals surface area (Å²) < 4.78 is 26.3. The second-order valence-corrected chi connectivity index (χ2v) is 5.66. The van der Waals surface area contributed by atoms with E-state index in [1.165, 1.54) is 23.9 Å². The molecule has 0 fully saturated rings. The standard InChI is InChI=1S/C15H15F2NOS/c16-15(17)8-6-12(7-9-15)14(20-10-13(18)19)11-4-2-1-3-5-11/h1-8,14H,9-10H2,(H2,18,19). The van der Waals surface area contributed by atoms with Gasteiger partial charge in [0.1, 0.15) is 0 Å². The van der Waals surface area contributed by atoms with Crippen molar-refractivity contribution >= 4 is 17.7 Å². The largest absolute Gasteiger partial charge is 0.369 e. The number of rotatable bonds is 5. The molecular weight excluding hydrogens is 280 g/mol. The van der Waals surface area contributed by atoms with E-state index in [0.29, 0.717) is 0 Å². The van der Waals surface area contributed by atoms with Crippen molar-refractivity contribution in [3.63, 3.8) is 0 Å². The molecule has 1 aliphatic carbocycles. The summed E-state index contributed by atoms with van der Waals surface area (Å²) >= 11 is 1.35. The molecule has 20 heavy (non-hydrogen) atoms. The van der Waals surface area contributed by atoms with E-state index >= 15 is 0 Å². The number of carbonyl (C=O) groups excluding carboxylic acids is 1. The van der Waals surface area contributed by atoms with Crippen molar-refractivity contribution in [2.24, 2.45) is 5.73 Å². The van der Waals surface area contributed by atoms with Gasteiger partial charge in [0.2, 0.25) is 5.91 Å². The predicted molar refractivity (Wildman–Crippen MR) is 77.6 cm³/mol. The lowest BCUT2D eigenvalue weighted by molar-refractivity contribution is -0.115. The normalized spacial score (nSPS) is 18.4. The molecule has 0 radical (unpaired) electrons. The molecule has 1 unspecified atom stereocenters. The average molecular weight is 295 g/mol. The van der Waals surface area contributed by atoms with Gasteiger partial charge in [0, 0.05) is 6.42 Å². The molecule has 1 aromatic rings. The number of allylic oxidation sites excluding steroid dienone is 3. The van der Waals surface area contributed by atoms with Crippen molar-refractivity contribution in [1.29, 1.82) is 0 Å². The number of hydrogen-bond donors (Lipinski definition) is 1. The van der Waals surface area contributed by atoms with E-state index in [4.69, 9.17) is 5.73 Å². The molecule has 0 aromatic heterocycles.